The Kier molecular flexibility index (Phi) is 4.94. The molecular weight excluding hydrogens is 308 g/mol. The lowest BCUT2D eigenvalue weighted by atomic mass is 10.1. The maximum atomic E-state index is 12.6. The number of carbonyl (C=O) groups is 1. The van der Waals surface area contributed by atoms with Crippen LogP contribution >= 0.6 is 0 Å². The van der Waals surface area contributed by atoms with Gasteiger partial charge in [0.05, 0.1) is 0 Å². The van der Waals surface area contributed by atoms with Gasteiger partial charge in [0.1, 0.15) is 0 Å². The monoisotopic (exact) mass is 331 g/mol. The zero-order valence-corrected chi connectivity index (χ0v) is 14.9. The lowest BCUT2D eigenvalue weighted by Gasteiger charge is -2.11. The van der Waals surface area contributed by atoms with E-state index in [4.69, 9.17) is 0 Å². The maximum absolute atomic E-state index is 12.6. The zero-order chi connectivity index (χ0) is 17.8. The van der Waals surface area contributed by atoms with Gasteiger partial charge in [0.25, 0.3) is 5.91 Å². The zero-order valence-electron chi connectivity index (χ0n) is 14.9. The number of nitrogens with one attached hydrogen (secondary N) is 1. The van der Waals surface area contributed by atoms with Gasteiger partial charge in [-0.1, -0.05) is 48.5 Å². The molecule has 0 saturated heterocycles. The van der Waals surface area contributed by atoms with Crippen LogP contribution in [0.1, 0.15) is 16.8 Å². The average molecular weight is 331 g/mol. The topological polar surface area (TPSA) is 33.0 Å². The highest BCUT2D eigenvalue weighted by Gasteiger charge is 2.15. The first-order chi connectivity index (χ1) is 12.0. The van der Waals surface area contributed by atoms with E-state index in [0.717, 1.165) is 33.6 Å². The van der Waals surface area contributed by atoms with E-state index in [2.05, 4.69) is 29.6 Å². The van der Waals surface area contributed by atoms with Crippen molar-refractivity contribution in [3.05, 3.63) is 83.7 Å². The molecule has 3 rings (SSSR count). The molecular formula is C22H23N2O+. The Hall–Kier alpha value is -2.94. The molecule has 0 aliphatic rings. The van der Waals surface area contributed by atoms with Crippen LogP contribution in [0.15, 0.2) is 66.9 Å². The third kappa shape index (κ3) is 3.94. The van der Waals surface area contributed by atoms with Crippen molar-refractivity contribution in [2.24, 2.45) is 0 Å². The van der Waals surface area contributed by atoms with Crippen LogP contribution in [0.25, 0.3) is 11.1 Å². The predicted molar refractivity (Wildman–Crippen MR) is 101 cm³/mol. The van der Waals surface area contributed by atoms with Gasteiger partial charge in [-0.25, -0.2) is 0 Å². The second-order valence-corrected chi connectivity index (χ2v) is 6.37. The number of rotatable bonds is 4. The summed E-state index contributed by atoms with van der Waals surface area (Å²) in [5.41, 5.74) is 6.36. The van der Waals surface area contributed by atoms with Gasteiger partial charge in [-0.2, -0.15) is 4.57 Å². The van der Waals surface area contributed by atoms with Gasteiger partial charge < -0.3 is 5.32 Å². The fraction of sp³-hybridized carbons (Fsp3) is 0.182. The third-order valence-electron chi connectivity index (χ3n) is 4.42. The van der Waals surface area contributed by atoms with Gasteiger partial charge in [0.2, 0.25) is 6.54 Å². The van der Waals surface area contributed by atoms with Gasteiger partial charge in [-0.3, -0.25) is 4.79 Å². The molecule has 3 heteroatoms. The molecule has 0 fully saturated rings. The molecule has 1 heterocycles. The second-order valence-electron chi connectivity index (χ2n) is 6.37. The number of pyridine rings is 1. The highest BCUT2D eigenvalue weighted by molar-refractivity contribution is 5.91. The molecule has 3 aromatic rings. The Morgan fingerprint density at radius 3 is 2.20 bits per heavy atom. The lowest BCUT2D eigenvalue weighted by Crippen LogP contribution is -2.42. The summed E-state index contributed by atoms with van der Waals surface area (Å²) in [6.07, 6.45) is 2.04. The SMILES string of the molecule is Cc1cccc(C)c1NC(=O)C[n+]1cc(-c2ccccc2)ccc1C. The van der Waals surface area contributed by atoms with Crippen LogP contribution in [-0.2, 0) is 11.3 Å². The number of nitrogens with zero attached hydrogens (tertiary/aromatic N) is 1. The summed E-state index contributed by atoms with van der Waals surface area (Å²) in [5.74, 6) is -0.0179. The van der Waals surface area contributed by atoms with E-state index in [9.17, 15) is 4.79 Å². The molecule has 1 aromatic heterocycles. The molecule has 2 aromatic carbocycles. The minimum Gasteiger partial charge on any atom is -0.320 e. The number of anilines is 1. The average Bonchev–Trinajstić information content (AvgIpc) is 2.61. The first-order valence-corrected chi connectivity index (χ1v) is 8.46. The summed E-state index contributed by atoms with van der Waals surface area (Å²) in [5, 5.41) is 3.05. The van der Waals surface area contributed by atoms with E-state index in [1.165, 1.54) is 0 Å². The largest absolute Gasteiger partial charge is 0.320 e. The van der Waals surface area contributed by atoms with Crippen molar-refractivity contribution in [3.63, 3.8) is 0 Å². The van der Waals surface area contributed by atoms with E-state index in [0.29, 0.717) is 6.54 Å². The van der Waals surface area contributed by atoms with Crippen molar-refractivity contribution in [1.82, 2.24) is 0 Å². The molecule has 1 N–H and O–H groups in total. The number of aryl methyl sites for hydroxylation is 3. The lowest BCUT2D eigenvalue weighted by molar-refractivity contribution is -0.689. The summed E-state index contributed by atoms with van der Waals surface area (Å²) < 4.78 is 1.99. The summed E-state index contributed by atoms with van der Waals surface area (Å²) in [4.78, 5) is 12.6. The van der Waals surface area contributed by atoms with Crippen molar-refractivity contribution < 1.29 is 9.36 Å². The van der Waals surface area contributed by atoms with Crippen LogP contribution in [-0.4, -0.2) is 5.91 Å². The van der Waals surface area contributed by atoms with Crippen molar-refractivity contribution in [1.29, 1.82) is 0 Å². The summed E-state index contributed by atoms with van der Waals surface area (Å²) in [6.45, 7) is 6.33. The molecule has 0 spiro atoms. The number of hydrogen-bond donors (Lipinski definition) is 1. The standard InChI is InChI=1S/C22H22N2O/c1-16-8-7-9-17(2)22(16)23-21(25)15-24-14-20(13-12-18(24)3)19-10-5-4-6-11-19/h4-14H,15H2,1-3H3/p+1. The molecule has 0 bridgehead atoms. The summed E-state index contributed by atoms with van der Waals surface area (Å²) in [6, 6.07) is 20.4. The number of aromatic nitrogens is 1. The third-order valence-corrected chi connectivity index (χ3v) is 4.42. The minimum atomic E-state index is -0.0179. The first kappa shape index (κ1) is 16.9. The molecule has 0 aliphatic heterocycles. The van der Waals surface area contributed by atoms with Gasteiger partial charge in [-0.15, -0.1) is 0 Å². The summed E-state index contributed by atoms with van der Waals surface area (Å²) in [7, 11) is 0. The Balaban J connectivity index is 1.82. The van der Waals surface area contributed by atoms with Crippen LogP contribution in [0.2, 0.25) is 0 Å². The molecule has 25 heavy (non-hydrogen) atoms. The van der Waals surface area contributed by atoms with Crippen LogP contribution in [0.5, 0.6) is 0 Å². The second kappa shape index (κ2) is 7.31. The Morgan fingerprint density at radius 2 is 1.52 bits per heavy atom. The van der Waals surface area contributed by atoms with Gasteiger partial charge in [0.15, 0.2) is 11.9 Å². The minimum absolute atomic E-state index is 0.0179. The molecule has 1 amide bonds. The Morgan fingerprint density at radius 1 is 0.840 bits per heavy atom. The normalized spacial score (nSPS) is 10.5. The van der Waals surface area contributed by atoms with E-state index < -0.39 is 0 Å². The van der Waals surface area contributed by atoms with E-state index in [-0.39, 0.29) is 5.91 Å². The van der Waals surface area contributed by atoms with E-state index in [1.807, 2.05) is 67.9 Å². The van der Waals surface area contributed by atoms with Crippen molar-refractivity contribution in [2.45, 2.75) is 27.3 Å². The quantitative estimate of drug-likeness (QED) is 0.714. The highest BCUT2D eigenvalue weighted by Crippen LogP contribution is 2.19. The van der Waals surface area contributed by atoms with Crippen molar-refractivity contribution >= 4 is 11.6 Å². The number of para-hydroxylation sites is 1. The number of hydrogen-bond acceptors (Lipinski definition) is 1. The number of benzene rings is 2. The summed E-state index contributed by atoms with van der Waals surface area (Å²) >= 11 is 0. The molecule has 0 aliphatic carbocycles. The fourth-order valence-corrected chi connectivity index (χ4v) is 2.94. The van der Waals surface area contributed by atoms with Crippen LogP contribution in [0.3, 0.4) is 0 Å². The molecule has 126 valence electrons. The fourth-order valence-electron chi connectivity index (χ4n) is 2.94. The van der Waals surface area contributed by atoms with Crippen LogP contribution in [0, 0.1) is 20.8 Å². The van der Waals surface area contributed by atoms with Crippen LogP contribution < -0.4 is 9.88 Å². The predicted octanol–water partition coefficient (Wildman–Crippen LogP) is 4.21. The van der Waals surface area contributed by atoms with Gasteiger partial charge in [-0.05, 0) is 36.6 Å². The Labute approximate surface area is 149 Å². The molecule has 0 radical (unpaired) electrons. The van der Waals surface area contributed by atoms with Crippen molar-refractivity contribution in [3.8, 4) is 11.1 Å². The Bertz CT molecular complexity index is 881. The molecule has 0 atom stereocenters. The molecule has 0 unspecified atom stereocenters. The first-order valence-electron chi connectivity index (χ1n) is 8.46. The molecule has 0 saturated carbocycles. The van der Waals surface area contributed by atoms with Gasteiger partial charge in [0, 0.05) is 24.2 Å². The van der Waals surface area contributed by atoms with Gasteiger partial charge >= 0.3 is 0 Å². The number of carbonyl (C=O) groups excluding carboxylic acids is 1. The van der Waals surface area contributed by atoms with E-state index >= 15 is 0 Å². The van der Waals surface area contributed by atoms with Crippen molar-refractivity contribution in [2.75, 3.05) is 5.32 Å². The maximum Gasteiger partial charge on any atom is 0.290 e. The number of amides is 1. The molecule has 3 nitrogen and oxygen atoms in total. The highest BCUT2D eigenvalue weighted by atomic mass is 16.1. The van der Waals surface area contributed by atoms with E-state index in [1.54, 1.807) is 0 Å². The smallest absolute Gasteiger partial charge is 0.290 e. The van der Waals surface area contributed by atoms with Crippen LogP contribution in [0.4, 0.5) is 5.69 Å².